The van der Waals surface area contributed by atoms with Gasteiger partial charge < -0.3 is 4.98 Å². The number of nitrogens with one attached hydrogen (secondary N) is 1. The van der Waals surface area contributed by atoms with Crippen LogP contribution in [0.15, 0.2) is 41.2 Å². The van der Waals surface area contributed by atoms with Crippen LogP contribution in [-0.2, 0) is 0 Å². The van der Waals surface area contributed by atoms with E-state index in [4.69, 9.17) is 0 Å². The van der Waals surface area contributed by atoms with E-state index in [1.807, 2.05) is 30.3 Å². The van der Waals surface area contributed by atoms with Gasteiger partial charge in [-0.2, -0.15) is 0 Å². The molecule has 3 heteroatoms. The molecule has 1 aromatic heterocycles. The molecule has 0 aliphatic carbocycles. The first-order valence-corrected chi connectivity index (χ1v) is 5.29. The number of aryl methyl sites for hydroxylation is 1. The minimum Gasteiger partial charge on any atom is -0.311 e. The van der Waals surface area contributed by atoms with Crippen molar-refractivity contribution >= 4 is 0 Å². The molecular formula is C13H14N2O. The molecule has 0 aliphatic heterocycles. The highest BCUT2D eigenvalue weighted by atomic mass is 16.1. The molecule has 0 fully saturated rings. The smallest absolute Gasteiger partial charge is 0.251 e. The normalized spacial score (nSPS) is 12.4. The highest BCUT2D eigenvalue weighted by Gasteiger charge is 2.10. The Morgan fingerprint density at radius 2 is 1.94 bits per heavy atom. The lowest BCUT2D eigenvalue weighted by Gasteiger charge is -2.11. The van der Waals surface area contributed by atoms with Gasteiger partial charge in [0.25, 0.3) is 5.56 Å². The van der Waals surface area contributed by atoms with Crippen molar-refractivity contribution in [2.75, 3.05) is 0 Å². The second kappa shape index (κ2) is 4.31. The van der Waals surface area contributed by atoms with Crippen LogP contribution in [0.5, 0.6) is 0 Å². The summed E-state index contributed by atoms with van der Waals surface area (Å²) in [6.07, 6.45) is 0. The van der Waals surface area contributed by atoms with Gasteiger partial charge in [0.2, 0.25) is 0 Å². The first-order chi connectivity index (χ1) is 7.66. The summed E-state index contributed by atoms with van der Waals surface area (Å²) in [6.45, 7) is 3.85. The third kappa shape index (κ3) is 2.19. The van der Waals surface area contributed by atoms with E-state index in [1.54, 1.807) is 13.0 Å². The van der Waals surface area contributed by atoms with Crippen LogP contribution in [-0.4, -0.2) is 9.97 Å². The standard InChI is InChI=1S/C13H14N2O/c1-9(11-6-4-3-5-7-11)12-8-13(16)15-10(2)14-12/h3-9H,1-2H3,(H,14,15,16). The molecule has 0 spiro atoms. The van der Waals surface area contributed by atoms with Crippen molar-refractivity contribution in [1.29, 1.82) is 0 Å². The number of hydrogen-bond acceptors (Lipinski definition) is 2. The Labute approximate surface area is 94.2 Å². The van der Waals surface area contributed by atoms with Gasteiger partial charge in [-0.15, -0.1) is 0 Å². The molecule has 1 aromatic carbocycles. The van der Waals surface area contributed by atoms with Crippen molar-refractivity contribution in [2.45, 2.75) is 19.8 Å². The monoisotopic (exact) mass is 214 g/mol. The van der Waals surface area contributed by atoms with E-state index < -0.39 is 0 Å². The number of benzene rings is 1. The van der Waals surface area contributed by atoms with Gasteiger partial charge >= 0.3 is 0 Å². The van der Waals surface area contributed by atoms with E-state index in [2.05, 4.69) is 16.9 Å². The molecule has 0 bridgehead atoms. The van der Waals surface area contributed by atoms with Crippen molar-refractivity contribution in [3.63, 3.8) is 0 Å². The van der Waals surface area contributed by atoms with E-state index in [-0.39, 0.29) is 11.5 Å². The molecule has 0 radical (unpaired) electrons. The molecule has 1 heterocycles. The Kier molecular flexibility index (Phi) is 2.86. The van der Waals surface area contributed by atoms with Crippen LogP contribution in [0, 0.1) is 6.92 Å². The third-order valence-corrected chi connectivity index (χ3v) is 2.62. The summed E-state index contributed by atoms with van der Waals surface area (Å²) >= 11 is 0. The van der Waals surface area contributed by atoms with Crippen molar-refractivity contribution in [3.8, 4) is 0 Å². The number of hydrogen-bond donors (Lipinski definition) is 1. The average Bonchev–Trinajstić information content (AvgIpc) is 2.28. The predicted molar refractivity (Wildman–Crippen MR) is 63.6 cm³/mol. The molecule has 2 rings (SSSR count). The molecule has 2 aromatic rings. The first kappa shape index (κ1) is 10.6. The van der Waals surface area contributed by atoms with Gasteiger partial charge in [-0.05, 0) is 12.5 Å². The number of nitrogens with zero attached hydrogens (tertiary/aromatic N) is 1. The summed E-state index contributed by atoms with van der Waals surface area (Å²) in [4.78, 5) is 18.4. The van der Waals surface area contributed by atoms with Crippen LogP contribution in [0.1, 0.15) is 29.9 Å². The zero-order chi connectivity index (χ0) is 11.5. The zero-order valence-corrected chi connectivity index (χ0v) is 9.40. The Bertz CT molecular complexity index is 531. The van der Waals surface area contributed by atoms with Crippen LogP contribution in [0.4, 0.5) is 0 Å². The Morgan fingerprint density at radius 1 is 1.25 bits per heavy atom. The minimum absolute atomic E-state index is 0.0923. The molecular weight excluding hydrogens is 200 g/mol. The Morgan fingerprint density at radius 3 is 2.56 bits per heavy atom. The Balaban J connectivity index is 2.41. The molecule has 1 N–H and O–H groups in total. The maximum absolute atomic E-state index is 11.4. The number of aromatic nitrogens is 2. The summed E-state index contributed by atoms with van der Waals surface area (Å²) in [5.41, 5.74) is 1.89. The topological polar surface area (TPSA) is 45.8 Å². The number of rotatable bonds is 2. The predicted octanol–water partition coefficient (Wildman–Crippen LogP) is 2.23. The van der Waals surface area contributed by atoms with Crippen LogP contribution in [0.25, 0.3) is 0 Å². The van der Waals surface area contributed by atoms with E-state index >= 15 is 0 Å². The Hall–Kier alpha value is -1.90. The molecule has 82 valence electrons. The molecule has 3 nitrogen and oxygen atoms in total. The van der Waals surface area contributed by atoms with Gasteiger partial charge in [-0.25, -0.2) is 4.98 Å². The van der Waals surface area contributed by atoms with Crippen LogP contribution in [0.2, 0.25) is 0 Å². The summed E-state index contributed by atoms with van der Waals surface area (Å²) in [5.74, 6) is 0.799. The second-order valence-corrected chi connectivity index (χ2v) is 3.89. The zero-order valence-electron chi connectivity index (χ0n) is 9.40. The van der Waals surface area contributed by atoms with Gasteiger partial charge in [0, 0.05) is 12.0 Å². The van der Waals surface area contributed by atoms with Crippen molar-refractivity contribution < 1.29 is 0 Å². The summed E-state index contributed by atoms with van der Waals surface area (Å²) in [7, 11) is 0. The molecule has 0 saturated carbocycles. The van der Waals surface area contributed by atoms with Crippen LogP contribution in [0.3, 0.4) is 0 Å². The third-order valence-electron chi connectivity index (χ3n) is 2.62. The maximum atomic E-state index is 11.4. The van der Waals surface area contributed by atoms with Gasteiger partial charge in [-0.3, -0.25) is 4.79 Å². The van der Waals surface area contributed by atoms with Crippen molar-refractivity contribution in [3.05, 3.63) is 63.8 Å². The van der Waals surface area contributed by atoms with E-state index in [1.165, 1.54) is 5.56 Å². The molecule has 0 amide bonds. The lowest BCUT2D eigenvalue weighted by atomic mass is 9.98. The first-order valence-electron chi connectivity index (χ1n) is 5.29. The SMILES string of the molecule is Cc1nc(C(C)c2ccccc2)cc(=O)[nH]1. The largest absolute Gasteiger partial charge is 0.311 e. The lowest BCUT2D eigenvalue weighted by Crippen LogP contribution is -2.12. The second-order valence-electron chi connectivity index (χ2n) is 3.89. The fraction of sp³-hybridized carbons (Fsp3) is 0.231. The summed E-state index contributed by atoms with van der Waals surface area (Å²) < 4.78 is 0. The van der Waals surface area contributed by atoms with Gasteiger partial charge in [-0.1, -0.05) is 37.3 Å². The molecule has 16 heavy (non-hydrogen) atoms. The van der Waals surface area contributed by atoms with E-state index in [9.17, 15) is 4.79 Å². The minimum atomic E-state index is -0.0923. The highest BCUT2D eigenvalue weighted by Crippen LogP contribution is 2.20. The number of aromatic amines is 1. The molecule has 1 atom stereocenters. The molecule has 0 aliphatic rings. The average molecular weight is 214 g/mol. The fourth-order valence-corrected chi connectivity index (χ4v) is 1.74. The van der Waals surface area contributed by atoms with Crippen molar-refractivity contribution in [2.24, 2.45) is 0 Å². The van der Waals surface area contributed by atoms with E-state index in [0.29, 0.717) is 5.82 Å². The maximum Gasteiger partial charge on any atom is 0.251 e. The summed E-state index contributed by atoms with van der Waals surface area (Å²) in [6, 6.07) is 11.6. The van der Waals surface area contributed by atoms with Gasteiger partial charge in [0.05, 0.1) is 5.69 Å². The lowest BCUT2D eigenvalue weighted by molar-refractivity contribution is 0.834. The van der Waals surface area contributed by atoms with E-state index in [0.717, 1.165) is 5.69 Å². The highest BCUT2D eigenvalue weighted by molar-refractivity contribution is 5.26. The fourth-order valence-electron chi connectivity index (χ4n) is 1.74. The number of H-pyrrole nitrogens is 1. The van der Waals surface area contributed by atoms with Crippen LogP contribution >= 0.6 is 0 Å². The van der Waals surface area contributed by atoms with Gasteiger partial charge in [0.1, 0.15) is 5.82 Å². The summed E-state index contributed by atoms with van der Waals surface area (Å²) in [5, 5.41) is 0. The van der Waals surface area contributed by atoms with Gasteiger partial charge in [0.15, 0.2) is 0 Å². The molecule has 1 unspecified atom stereocenters. The molecule has 0 saturated heterocycles. The van der Waals surface area contributed by atoms with Crippen molar-refractivity contribution in [1.82, 2.24) is 9.97 Å². The van der Waals surface area contributed by atoms with Crippen LogP contribution < -0.4 is 5.56 Å². The quantitative estimate of drug-likeness (QED) is 0.833.